The predicted molar refractivity (Wildman–Crippen MR) is 110 cm³/mol. The number of hydrogen-bond acceptors (Lipinski definition) is 6. The van der Waals surface area contributed by atoms with Gasteiger partial charge in [-0.1, -0.05) is 41.7 Å². The molecule has 0 saturated carbocycles. The topological polar surface area (TPSA) is 108 Å². The van der Waals surface area contributed by atoms with Crippen molar-refractivity contribution in [2.45, 2.75) is 32.5 Å². The van der Waals surface area contributed by atoms with E-state index in [9.17, 15) is 33.4 Å². The average Bonchev–Trinajstić information content (AvgIpc) is 2.64. The monoisotopic (exact) mass is 501 g/mol. The third-order valence-corrected chi connectivity index (χ3v) is 5.13. The van der Waals surface area contributed by atoms with E-state index >= 15 is 0 Å². The summed E-state index contributed by atoms with van der Waals surface area (Å²) >= 11 is 17.6. The minimum absolute atomic E-state index is 0.0348. The van der Waals surface area contributed by atoms with Gasteiger partial charge in [0.05, 0.1) is 24.9 Å². The van der Waals surface area contributed by atoms with Gasteiger partial charge in [0.15, 0.2) is 5.69 Å². The van der Waals surface area contributed by atoms with Crippen LogP contribution < -0.4 is 10.1 Å². The van der Waals surface area contributed by atoms with Gasteiger partial charge < -0.3 is 10.1 Å². The Morgan fingerprint density at radius 3 is 2.13 bits per heavy atom. The number of benzene rings is 2. The number of halogens is 6. The number of hydrogen-bond donors (Lipinski definition) is 1. The lowest BCUT2D eigenvalue weighted by Crippen LogP contribution is -2.18. The first-order chi connectivity index (χ1) is 14.3. The quantitative estimate of drug-likeness (QED) is 0.239. The molecule has 0 spiro atoms. The third kappa shape index (κ3) is 5.41. The summed E-state index contributed by atoms with van der Waals surface area (Å²) in [6.45, 7) is 3.22. The summed E-state index contributed by atoms with van der Waals surface area (Å²) in [7, 11) is 0. The van der Waals surface area contributed by atoms with E-state index in [1.54, 1.807) is 13.8 Å². The second-order valence-corrected chi connectivity index (χ2v) is 7.48. The van der Waals surface area contributed by atoms with Gasteiger partial charge in [-0.05, 0) is 19.4 Å². The van der Waals surface area contributed by atoms with Crippen LogP contribution in [0.1, 0.15) is 25.8 Å². The lowest BCUT2D eigenvalue weighted by molar-refractivity contribution is -0.393. The number of nitro groups is 2. The maximum absolute atomic E-state index is 13.7. The van der Waals surface area contributed by atoms with Crippen LogP contribution in [0.5, 0.6) is 11.5 Å². The molecule has 8 nitrogen and oxygen atoms in total. The molecule has 0 fully saturated rings. The Morgan fingerprint density at radius 2 is 1.65 bits per heavy atom. The first-order valence-electron chi connectivity index (χ1n) is 8.43. The highest BCUT2D eigenvalue weighted by Gasteiger charge is 2.44. The number of anilines is 1. The molecule has 14 heteroatoms. The maximum atomic E-state index is 13.7. The average molecular weight is 503 g/mol. The van der Waals surface area contributed by atoms with Crippen LogP contribution in [-0.2, 0) is 6.18 Å². The highest BCUT2D eigenvalue weighted by molar-refractivity contribution is 6.43. The highest BCUT2D eigenvalue weighted by atomic mass is 35.5. The maximum Gasteiger partial charge on any atom is 0.420 e. The van der Waals surface area contributed by atoms with Crippen molar-refractivity contribution in [1.29, 1.82) is 0 Å². The number of rotatable bonds is 7. The van der Waals surface area contributed by atoms with E-state index in [0.29, 0.717) is 6.42 Å². The number of nitrogens with one attached hydrogen (secondary N) is 1. The highest BCUT2D eigenvalue weighted by Crippen LogP contribution is 2.52. The summed E-state index contributed by atoms with van der Waals surface area (Å²) in [6, 6.07) is 1.66. The summed E-state index contributed by atoms with van der Waals surface area (Å²) in [5.74, 6) is -1.75. The van der Waals surface area contributed by atoms with Crippen molar-refractivity contribution in [2.75, 3.05) is 5.32 Å². The summed E-state index contributed by atoms with van der Waals surface area (Å²) in [6.07, 6.45) is -4.87. The van der Waals surface area contributed by atoms with E-state index in [0.717, 1.165) is 12.1 Å². The van der Waals surface area contributed by atoms with E-state index in [4.69, 9.17) is 39.5 Å². The van der Waals surface area contributed by atoms with Crippen LogP contribution in [0.4, 0.5) is 30.2 Å². The lowest BCUT2D eigenvalue weighted by atomic mass is 10.1. The Kier molecular flexibility index (Phi) is 7.45. The molecule has 1 atom stereocenters. The van der Waals surface area contributed by atoms with Gasteiger partial charge in [-0.15, -0.1) is 0 Å². The molecular formula is C17H13Cl3F3N3O5. The van der Waals surface area contributed by atoms with Crippen LogP contribution in [-0.4, -0.2) is 15.9 Å². The largest absolute Gasteiger partial charge is 0.448 e. The zero-order chi connectivity index (χ0) is 23.7. The van der Waals surface area contributed by atoms with Crippen molar-refractivity contribution in [1.82, 2.24) is 0 Å². The van der Waals surface area contributed by atoms with Crippen LogP contribution in [0.25, 0.3) is 0 Å². The SMILES string of the molecule is CCC(C)Nc1c([N+](=O)[O-])cc(C(F)(F)F)c(Oc2cc(Cl)c(Cl)cc2Cl)c1[N+](=O)[O-]. The minimum Gasteiger partial charge on any atom is -0.448 e. The number of nitrogens with zero attached hydrogens (tertiary/aromatic N) is 2. The molecule has 0 aliphatic rings. The fourth-order valence-corrected chi connectivity index (χ4v) is 3.03. The van der Waals surface area contributed by atoms with E-state index < -0.39 is 56.2 Å². The molecule has 2 aromatic carbocycles. The van der Waals surface area contributed by atoms with Gasteiger partial charge in [-0.25, -0.2) is 0 Å². The number of nitro benzene ring substituents is 2. The Morgan fingerprint density at radius 1 is 1.06 bits per heavy atom. The van der Waals surface area contributed by atoms with Gasteiger partial charge >= 0.3 is 11.9 Å². The molecule has 0 aliphatic carbocycles. The molecule has 168 valence electrons. The Balaban J connectivity index is 2.92. The molecule has 0 amide bonds. The molecule has 2 aromatic rings. The van der Waals surface area contributed by atoms with E-state index in [1.807, 2.05) is 0 Å². The molecular weight excluding hydrogens is 490 g/mol. The molecule has 0 saturated heterocycles. The molecule has 0 aliphatic heterocycles. The Bertz CT molecular complexity index is 1050. The smallest absolute Gasteiger partial charge is 0.420 e. The zero-order valence-corrected chi connectivity index (χ0v) is 18.0. The summed E-state index contributed by atoms with van der Waals surface area (Å²) in [4.78, 5) is 20.9. The molecule has 0 bridgehead atoms. The third-order valence-electron chi connectivity index (χ3n) is 4.11. The Labute approximate surface area is 188 Å². The number of ether oxygens (including phenoxy) is 1. The van der Waals surface area contributed by atoms with Crippen molar-refractivity contribution < 1.29 is 27.8 Å². The fourth-order valence-electron chi connectivity index (χ4n) is 2.45. The van der Waals surface area contributed by atoms with E-state index in [2.05, 4.69) is 5.32 Å². The van der Waals surface area contributed by atoms with Gasteiger partial charge in [0.2, 0.25) is 5.75 Å². The summed E-state index contributed by atoms with van der Waals surface area (Å²) in [5, 5.41) is 25.3. The summed E-state index contributed by atoms with van der Waals surface area (Å²) in [5.41, 5.74) is -4.87. The molecule has 0 radical (unpaired) electrons. The van der Waals surface area contributed by atoms with Crippen molar-refractivity contribution in [2.24, 2.45) is 0 Å². The number of alkyl halides is 3. The first kappa shape index (κ1) is 24.8. The van der Waals surface area contributed by atoms with Gasteiger partial charge in [-0.2, -0.15) is 13.2 Å². The van der Waals surface area contributed by atoms with Crippen LogP contribution in [0.2, 0.25) is 15.1 Å². The van der Waals surface area contributed by atoms with Crippen molar-refractivity contribution in [3.63, 3.8) is 0 Å². The molecule has 0 heterocycles. The van der Waals surface area contributed by atoms with Crippen LogP contribution in [0, 0.1) is 20.2 Å². The second kappa shape index (κ2) is 9.33. The van der Waals surface area contributed by atoms with Crippen LogP contribution in [0.3, 0.4) is 0 Å². The minimum atomic E-state index is -5.23. The van der Waals surface area contributed by atoms with Crippen molar-refractivity contribution in [3.05, 3.63) is 59.1 Å². The van der Waals surface area contributed by atoms with Gasteiger partial charge in [0.25, 0.3) is 5.69 Å². The van der Waals surface area contributed by atoms with E-state index in [-0.39, 0.29) is 21.1 Å². The molecule has 1 unspecified atom stereocenters. The van der Waals surface area contributed by atoms with Gasteiger partial charge in [0, 0.05) is 18.2 Å². The fraction of sp³-hybridized carbons (Fsp3) is 0.294. The van der Waals surface area contributed by atoms with Gasteiger partial charge in [-0.3, -0.25) is 20.2 Å². The Hall–Kier alpha value is -2.50. The molecule has 0 aromatic heterocycles. The lowest BCUT2D eigenvalue weighted by Gasteiger charge is -2.19. The standard InChI is InChI=1S/C17H13Cl3F3N3O5/c1-3-7(2)24-14-12(25(27)28)4-8(17(21,22)23)16(15(14)26(29)30)31-13-6-10(19)9(18)5-11(13)20/h4-7,24H,3H2,1-2H3. The normalized spacial score (nSPS) is 12.4. The van der Waals surface area contributed by atoms with E-state index in [1.165, 1.54) is 0 Å². The molecule has 31 heavy (non-hydrogen) atoms. The zero-order valence-electron chi connectivity index (χ0n) is 15.7. The van der Waals surface area contributed by atoms with Crippen LogP contribution in [0.15, 0.2) is 18.2 Å². The van der Waals surface area contributed by atoms with Crippen molar-refractivity contribution in [3.8, 4) is 11.5 Å². The summed E-state index contributed by atoms with van der Waals surface area (Å²) < 4.78 is 46.3. The molecule has 2 rings (SSSR count). The van der Waals surface area contributed by atoms with Gasteiger partial charge in [0.1, 0.15) is 11.3 Å². The van der Waals surface area contributed by atoms with Crippen molar-refractivity contribution >= 4 is 51.9 Å². The predicted octanol–water partition coefficient (Wildman–Crippen LogP) is 7.48. The molecule has 1 N–H and O–H groups in total. The van der Waals surface area contributed by atoms with Crippen LogP contribution >= 0.6 is 34.8 Å². The second-order valence-electron chi connectivity index (χ2n) is 6.26. The first-order valence-corrected chi connectivity index (χ1v) is 9.57.